The second-order valence-electron chi connectivity index (χ2n) is 5.45. The Morgan fingerprint density at radius 2 is 2.30 bits per heavy atom. The van der Waals surface area contributed by atoms with E-state index >= 15 is 0 Å². The number of aryl methyl sites for hydroxylation is 2. The van der Waals surface area contributed by atoms with Crippen molar-refractivity contribution >= 4 is 34.7 Å². The fraction of sp³-hybridized carbons (Fsp3) is 0.357. The molecule has 4 heterocycles. The summed E-state index contributed by atoms with van der Waals surface area (Å²) in [6.45, 7) is 2.61. The topological polar surface area (TPSA) is 92.6 Å². The molecule has 1 aliphatic heterocycles. The van der Waals surface area contributed by atoms with E-state index < -0.39 is 0 Å². The zero-order chi connectivity index (χ0) is 16.0. The van der Waals surface area contributed by atoms with E-state index in [9.17, 15) is 4.79 Å². The molecule has 8 nitrogen and oxygen atoms in total. The summed E-state index contributed by atoms with van der Waals surface area (Å²) in [6.07, 6.45) is 3.92. The molecule has 0 spiro atoms. The van der Waals surface area contributed by atoms with Crippen LogP contribution in [0.1, 0.15) is 12.1 Å². The third kappa shape index (κ3) is 2.46. The van der Waals surface area contributed by atoms with Gasteiger partial charge in [-0.25, -0.2) is 15.0 Å². The Balaban J connectivity index is 1.54. The Labute approximate surface area is 136 Å². The summed E-state index contributed by atoms with van der Waals surface area (Å²) < 4.78 is 1.75. The summed E-state index contributed by atoms with van der Waals surface area (Å²) in [4.78, 5) is 30.1. The molecule has 1 saturated heterocycles. The molecule has 4 rings (SSSR count). The highest BCUT2D eigenvalue weighted by Crippen LogP contribution is 2.32. The summed E-state index contributed by atoms with van der Waals surface area (Å²) in [6, 6.07) is 1.93. The number of hydrogen-bond donors (Lipinski definition) is 1. The number of nitrogens with one attached hydrogen (secondary N) is 1. The van der Waals surface area contributed by atoms with Crippen molar-refractivity contribution in [3.63, 3.8) is 0 Å². The molecule has 1 amide bonds. The average molecular weight is 329 g/mol. The summed E-state index contributed by atoms with van der Waals surface area (Å²) in [5.74, 6) is 0.926. The van der Waals surface area contributed by atoms with Crippen LogP contribution in [-0.2, 0) is 11.8 Å². The van der Waals surface area contributed by atoms with Gasteiger partial charge in [-0.05, 0) is 13.3 Å². The highest BCUT2D eigenvalue weighted by atomic mass is 32.2. The minimum atomic E-state index is -0.154. The Morgan fingerprint density at radius 3 is 3.04 bits per heavy atom. The summed E-state index contributed by atoms with van der Waals surface area (Å²) >= 11 is 1.44. The van der Waals surface area contributed by atoms with Gasteiger partial charge < -0.3 is 4.98 Å². The Bertz CT molecular complexity index is 853. The van der Waals surface area contributed by atoms with Crippen molar-refractivity contribution in [2.75, 3.05) is 11.4 Å². The van der Waals surface area contributed by atoms with Crippen molar-refractivity contribution in [3.05, 3.63) is 24.3 Å². The summed E-state index contributed by atoms with van der Waals surface area (Å²) in [5.41, 5.74) is 2.30. The molecule has 3 aromatic heterocycles. The van der Waals surface area contributed by atoms with E-state index in [-0.39, 0.29) is 11.2 Å². The van der Waals surface area contributed by atoms with Gasteiger partial charge in [0.2, 0.25) is 5.91 Å². The molecule has 1 atom stereocenters. The van der Waals surface area contributed by atoms with Crippen molar-refractivity contribution in [1.29, 1.82) is 0 Å². The molecule has 0 saturated carbocycles. The number of fused-ring (bicyclic) bond motifs is 1. The number of imidazole rings is 1. The molecule has 118 valence electrons. The van der Waals surface area contributed by atoms with Gasteiger partial charge >= 0.3 is 0 Å². The van der Waals surface area contributed by atoms with Crippen LogP contribution in [0.2, 0.25) is 0 Å². The van der Waals surface area contributed by atoms with Crippen LogP contribution >= 0.6 is 11.8 Å². The molecule has 23 heavy (non-hydrogen) atoms. The monoisotopic (exact) mass is 329 g/mol. The van der Waals surface area contributed by atoms with Gasteiger partial charge in [0.25, 0.3) is 0 Å². The molecule has 0 unspecified atom stereocenters. The molecule has 0 bridgehead atoms. The first kappa shape index (κ1) is 14.2. The molecule has 1 aliphatic rings. The number of anilines is 1. The molecule has 3 aromatic rings. The Hall–Kier alpha value is -2.42. The van der Waals surface area contributed by atoms with Gasteiger partial charge in [-0.1, -0.05) is 11.8 Å². The van der Waals surface area contributed by atoms with Crippen molar-refractivity contribution in [2.45, 2.75) is 23.8 Å². The number of carbonyl (C=O) groups excluding carboxylic acids is 1. The maximum atomic E-state index is 12.7. The lowest BCUT2D eigenvalue weighted by Crippen LogP contribution is -2.29. The second kappa shape index (κ2) is 5.34. The van der Waals surface area contributed by atoms with Gasteiger partial charge in [0.15, 0.2) is 10.8 Å². The van der Waals surface area contributed by atoms with E-state index in [2.05, 4.69) is 25.0 Å². The van der Waals surface area contributed by atoms with Crippen molar-refractivity contribution in [1.82, 2.24) is 29.7 Å². The van der Waals surface area contributed by atoms with E-state index in [0.29, 0.717) is 17.3 Å². The zero-order valence-corrected chi connectivity index (χ0v) is 13.5. The number of carbonyl (C=O) groups is 1. The zero-order valence-electron chi connectivity index (χ0n) is 12.7. The fourth-order valence-corrected chi connectivity index (χ4v) is 3.80. The van der Waals surface area contributed by atoms with Gasteiger partial charge in [0.05, 0.1) is 17.1 Å². The normalized spacial score (nSPS) is 18.3. The van der Waals surface area contributed by atoms with Crippen LogP contribution in [0, 0.1) is 6.92 Å². The highest BCUT2D eigenvalue weighted by molar-refractivity contribution is 8.00. The van der Waals surface area contributed by atoms with E-state index in [4.69, 9.17) is 0 Å². The predicted octanol–water partition coefficient (Wildman–Crippen LogP) is 1.29. The lowest BCUT2D eigenvalue weighted by molar-refractivity contribution is -0.116. The summed E-state index contributed by atoms with van der Waals surface area (Å²) in [5, 5.41) is 4.85. The largest absolute Gasteiger partial charge is 0.330 e. The first-order valence-corrected chi connectivity index (χ1v) is 8.14. The minimum absolute atomic E-state index is 0.0875. The van der Waals surface area contributed by atoms with E-state index in [0.717, 1.165) is 23.4 Å². The molecule has 1 N–H and O–H groups in total. The molecule has 0 aromatic carbocycles. The number of aromatic nitrogens is 6. The van der Waals surface area contributed by atoms with E-state index in [1.807, 2.05) is 20.0 Å². The number of rotatable bonds is 3. The third-order valence-corrected chi connectivity index (χ3v) is 4.94. The number of H-pyrrole nitrogens is 1. The van der Waals surface area contributed by atoms with Crippen molar-refractivity contribution in [2.24, 2.45) is 7.05 Å². The van der Waals surface area contributed by atoms with Gasteiger partial charge in [-0.2, -0.15) is 5.10 Å². The number of aromatic amines is 1. The first-order chi connectivity index (χ1) is 11.1. The summed E-state index contributed by atoms with van der Waals surface area (Å²) in [7, 11) is 1.86. The van der Waals surface area contributed by atoms with Crippen LogP contribution in [0.15, 0.2) is 23.7 Å². The minimum Gasteiger partial charge on any atom is -0.330 e. The third-order valence-electron chi connectivity index (χ3n) is 3.80. The number of thioether (sulfide) groups is 1. The molecule has 1 fully saturated rings. The molecular formula is C14H15N7OS. The number of nitrogens with zero attached hydrogens (tertiary/aromatic N) is 6. The fourth-order valence-electron chi connectivity index (χ4n) is 2.77. The quantitative estimate of drug-likeness (QED) is 0.778. The second-order valence-corrected chi connectivity index (χ2v) is 6.65. The molecule has 9 heteroatoms. The van der Waals surface area contributed by atoms with Gasteiger partial charge in [-0.3, -0.25) is 14.4 Å². The van der Waals surface area contributed by atoms with Crippen LogP contribution < -0.4 is 4.90 Å². The predicted molar refractivity (Wildman–Crippen MR) is 86.2 cm³/mol. The van der Waals surface area contributed by atoms with E-state index in [1.54, 1.807) is 15.8 Å². The smallest absolute Gasteiger partial charge is 0.241 e. The van der Waals surface area contributed by atoms with Crippen molar-refractivity contribution < 1.29 is 4.79 Å². The number of hydrogen-bond acceptors (Lipinski definition) is 6. The molecule has 0 aliphatic carbocycles. The molecular weight excluding hydrogens is 314 g/mol. The Morgan fingerprint density at radius 1 is 1.43 bits per heavy atom. The molecule has 0 radical (unpaired) electrons. The van der Waals surface area contributed by atoms with Gasteiger partial charge in [0, 0.05) is 19.7 Å². The maximum Gasteiger partial charge on any atom is 0.241 e. The van der Waals surface area contributed by atoms with E-state index in [1.165, 1.54) is 18.1 Å². The lowest BCUT2D eigenvalue weighted by Gasteiger charge is -2.15. The van der Waals surface area contributed by atoms with Crippen LogP contribution in [-0.4, -0.2) is 47.4 Å². The SMILES string of the molecule is Cc1cc(N2CC[C@@H](Sc3nc4ncncc4[nH]3)C2=O)n(C)n1. The van der Waals surface area contributed by atoms with Crippen LogP contribution in [0.25, 0.3) is 11.2 Å². The van der Waals surface area contributed by atoms with Crippen LogP contribution in [0.4, 0.5) is 5.82 Å². The standard InChI is InChI=1S/C14H15N7OS/c1-8-5-11(20(2)19-8)21-4-3-10(13(21)22)23-14-17-9-6-15-7-16-12(9)18-14/h5-7,10H,3-4H2,1-2H3,(H,15,16,17,18)/t10-/m1/s1. The van der Waals surface area contributed by atoms with Gasteiger partial charge in [0.1, 0.15) is 17.7 Å². The highest BCUT2D eigenvalue weighted by Gasteiger charge is 2.35. The Kier molecular flexibility index (Phi) is 3.29. The lowest BCUT2D eigenvalue weighted by atomic mass is 10.4. The first-order valence-electron chi connectivity index (χ1n) is 7.26. The van der Waals surface area contributed by atoms with Gasteiger partial charge in [-0.15, -0.1) is 0 Å². The average Bonchev–Trinajstić information content (AvgIpc) is 3.18. The maximum absolute atomic E-state index is 12.7. The van der Waals surface area contributed by atoms with Crippen LogP contribution in [0.5, 0.6) is 0 Å². The number of amides is 1. The van der Waals surface area contributed by atoms with Crippen LogP contribution in [0.3, 0.4) is 0 Å². The van der Waals surface area contributed by atoms with Crippen molar-refractivity contribution in [3.8, 4) is 0 Å².